The van der Waals surface area contributed by atoms with Gasteiger partial charge in [-0.25, -0.2) is 0 Å². The highest BCUT2D eigenvalue weighted by Gasteiger charge is 2.35. The van der Waals surface area contributed by atoms with Gasteiger partial charge in [0.2, 0.25) is 0 Å². The molecule has 2 fully saturated rings. The SMILES string of the molecule is C/C(=C\C=C(/C)C1(O)CCC1)N1CCNCC1. The summed E-state index contributed by atoms with van der Waals surface area (Å²) in [5.41, 5.74) is 1.91. The van der Waals surface area contributed by atoms with Gasteiger partial charge in [0.05, 0.1) is 5.60 Å². The van der Waals surface area contributed by atoms with Crippen LogP contribution in [0.3, 0.4) is 0 Å². The molecule has 3 heteroatoms. The van der Waals surface area contributed by atoms with E-state index in [1.54, 1.807) is 0 Å². The van der Waals surface area contributed by atoms with E-state index in [2.05, 4.69) is 29.3 Å². The molecule has 1 saturated carbocycles. The molecule has 0 spiro atoms. The number of nitrogens with zero attached hydrogens (tertiary/aromatic N) is 1. The van der Waals surface area contributed by atoms with Crippen LogP contribution in [-0.4, -0.2) is 41.8 Å². The highest BCUT2D eigenvalue weighted by Crippen LogP contribution is 2.37. The van der Waals surface area contributed by atoms with Crippen molar-refractivity contribution in [1.82, 2.24) is 10.2 Å². The predicted molar refractivity (Wildman–Crippen MR) is 70.8 cm³/mol. The molecule has 0 atom stereocenters. The first-order chi connectivity index (χ1) is 8.12. The number of aliphatic hydroxyl groups is 1. The van der Waals surface area contributed by atoms with Crippen LogP contribution >= 0.6 is 0 Å². The predicted octanol–water partition coefficient (Wildman–Crippen LogP) is 1.66. The Bertz CT molecular complexity index is 323. The Labute approximate surface area is 104 Å². The number of piperazine rings is 1. The van der Waals surface area contributed by atoms with Gasteiger partial charge in [-0.2, -0.15) is 0 Å². The molecule has 1 aliphatic heterocycles. The summed E-state index contributed by atoms with van der Waals surface area (Å²) in [6.07, 6.45) is 7.25. The highest BCUT2D eigenvalue weighted by atomic mass is 16.3. The van der Waals surface area contributed by atoms with Crippen molar-refractivity contribution in [3.8, 4) is 0 Å². The van der Waals surface area contributed by atoms with Crippen LogP contribution < -0.4 is 5.32 Å². The van der Waals surface area contributed by atoms with Crippen molar-refractivity contribution >= 4 is 0 Å². The van der Waals surface area contributed by atoms with Crippen molar-refractivity contribution < 1.29 is 5.11 Å². The lowest BCUT2D eigenvalue weighted by Crippen LogP contribution is -2.42. The fourth-order valence-electron chi connectivity index (χ4n) is 2.43. The summed E-state index contributed by atoms with van der Waals surface area (Å²) < 4.78 is 0. The van der Waals surface area contributed by atoms with E-state index >= 15 is 0 Å². The molecule has 1 aliphatic carbocycles. The summed E-state index contributed by atoms with van der Waals surface area (Å²) >= 11 is 0. The molecular weight excluding hydrogens is 212 g/mol. The van der Waals surface area contributed by atoms with Gasteiger partial charge in [-0.1, -0.05) is 6.08 Å². The first kappa shape index (κ1) is 12.7. The molecule has 3 nitrogen and oxygen atoms in total. The van der Waals surface area contributed by atoms with E-state index in [4.69, 9.17) is 0 Å². The number of hydrogen-bond acceptors (Lipinski definition) is 3. The Morgan fingerprint density at radius 2 is 1.82 bits per heavy atom. The number of rotatable bonds is 3. The van der Waals surface area contributed by atoms with Crippen LogP contribution in [0.5, 0.6) is 0 Å². The normalized spacial score (nSPS) is 25.7. The van der Waals surface area contributed by atoms with Gasteiger partial charge in [-0.15, -0.1) is 0 Å². The van der Waals surface area contributed by atoms with Gasteiger partial charge in [-0.3, -0.25) is 0 Å². The van der Waals surface area contributed by atoms with E-state index in [0.29, 0.717) is 0 Å². The number of hydrogen-bond donors (Lipinski definition) is 2. The second-order valence-electron chi connectivity index (χ2n) is 5.28. The van der Waals surface area contributed by atoms with Gasteiger partial charge in [0.15, 0.2) is 0 Å². The third-order valence-electron chi connectivity index (χ3n) is 4.11. The van der Waals surface area contributed by atoms with Gasteiger partial charge >= 0.3 is 0 Å². The maximum atomic E-state index is 10.2. The Morgan fingerprint density at radius 3 is 2.35 bits per heavy atom. The quantitative estimate of drug-likeness (QED) is 0.732. The van der Waals surface area contributed by atoms with E-state index in [1.165, 1.54) is 5.70 Å². The maximum absolute atomic E-state index is 10.2. The molecule has 2 rings (SSSR count). The molecule has 1 saturated heterocycles. The van der Waals surface area contributed by atoms with Gasteiger partial charge < -0.3 is 15.3 Å². The number of allylic oxidation sites excluding steroid dienone is 3. The van der Waals surface area contributed by atoms with Gasteiger partial charge in [0.1, 0.15) is 0 Å². The van der Waals surface area contributed by atoms with Crippen LogP contribution in [0.15, 0.2) is 23.4 Å². The van der Waals surface area contributed by atoms with Crippen molar-refractivity contribution in [1.29, 1.82) is 0 Å². The second kappa shape index (κ2) is 5.23. The van der Waals surface area contributed by atoms with E-state index in [9.17, 15) is 5.11 Å². The Kier molecular flexibility index (Phi) is 3.89. The zero-order chi connectivity index (χ0) is 12.3. The largest absolute Gasteiger partial charge is 0.386 e. The first-order valence-corrected chi connectivity index (χ1v) is 6.65. The third-order valence-corrected chi connectivity index (χ3v) is 4.11. The Hall–Kier alpha value is -0.800. The number of nitrogens with one attached hydrogen (secondary N) is 1. The third kappa shape index (κ3) is 2.90. The highest BCUT2D eigenvalue weighted by molar-refractivity contribution is 5.24. The molecule has 0 aromatic heterocycles. The Balaban J connectivity index is 1.96. The van der Waals surface area contributed by atoms with E-state index in [1.807, 2.05) is 6.92 Å². The van der Waals surface area contributed by atoms with Crippen LogP contribution in [0.25, 0.3) is 0 Å². The zero-order valence-electron chi connectivity index (χ0n) is 11.0. The van der Waals surface area contributed by atoms with Crippen LogP contribution in [0.2, 0.25) is 0 Å². The van der Waals surface area contributed by atoms with E-state index in [0.717, 1.165) is 51.0 Å². The lowest BCUT2D eigenvalue weighted by Gasteiger charge is -2.37. The molecule has 0 aromatic rings. The van der Waals surface area contributed by atoms with Gasteiger partial charge in [-0.05, 0) is 44.8 Å². The van der Waals surface area contributed by atoms with Crippen LogP contribution in [0.4, 0.5) is 0 Å². The molecule has 2 N–H and O–H groups in total. The topological polar surface area (TPSA) is 35.5 Å². The summed E-state index contributed by atoms with van der Waals surface area (Å²) in [4.78, 5) is 2.39. The fraction of sp³-hybridized carbons (Fsp3) is 0.714. The second-order valence-corrected chi connectivity index (χ2v) is 5.28. The van der Waals surface area contributed by atoms with Gasteiger partial charge in [0.25, 0.3) is 0 Å². The molecule has 0 aromatic carbocycles. The molecule has 0 radical (unpaired) electrons. The summed E-state index contributed by atoms with van der Waals surface area (Å²) in [6.45, 7) is 8.50. The van der Waals surface area contributed by atoms with Crippen molar-refractivity contribution in [2.75, 3.05) is 26.2 Å². The van der Waals surface area contributed by atoms with E-state index < -0.39 is 5.60 Å². The minimum Gasteiger partial charge on any atom is -0.386 e. The molecule has 1 heterocycles. The minimum atomic E-state index is -0.500. The maximum Gasteiger partial charge on any atom is 0.0857 e. The van der Waals surface area contributed by atoms with Gasteiger partial charge in [0, 0.05) is 31.9 Å². The molecule has 0 unspecified atom stereocenters. The summed E-state index contributed by atoms with van der Waals surface area (Å²) in [6, 6.07) is 0. The first-order valence-electron chi connectivity index (χ1n) is 6.65. The summed E-state index contributed by atoms with van der Waals surface area (Å²) in [7, 11) is 0. The zero-order valence-corrected chi connectivity index (χ0v) is 11.0. The molecule has 96 valence electrons. The van der Waals surface area contributed by atoms with Crippen molar-refractivity contribution in [2.24, 2.45) is 0 Å². The molecule has 17 heavy (non-hydrogen) atoms. The monoisotopic (exact) mass is 236 g/mol. The van der Waals surface area contributed by atoms with Crippen molar-refractivity contribution in [2.45, 2.75) is 38.7 Å². The molecule has 0 amide bonds. The van der Waals surface area contributed by atoms with E-state index in [-0.39, 0.29) is 0 Å². The van der Waals surface area contributed by atoms with Crippen molar-refractivity contribution in [3.63, 3.8) is 0 Å². The summed E-state index contributed by atoms with van der Waals surface area (Å²) in [5.74, 6) is 0. The van der Waals surface area contributed by atoms with Crippen LogP contribution in [0.1, 0.15) is 33.1 Å². The lowest BCUT2D eigenvalue weighted by molar-refractivity contribution is 0.00272. The molecular formula is C14H24N2O. The summed E-state index contributed by atoms with van der Waals surface area (Å²) in [5, 5.41) is 13.5. The smallest absolute Gasteiger partial charge is 0.0857 e. The van der Waals surface area contributed by atoms with Crippen LogP contribution in [0, 0.1) is 0 Å². The molecule has 2 aliphatic rings. The fourth-order valence-corrected chi connectivity index (χ4v) is 2.43. The standard InChI is InChI=1S/C14H24N2O/c1-12(14(17)6-3-7-14)4-5-13(2)16-10-8-15-9-11-16/h4-5,15,17H,3,6-11H2,1-2H3/b12-4+,13-5+. The van der Waals surface area contributed by atoms with Crippen molar-refractivity contribution in [3.05, 3.63) is 23.4 Å². The Morgan fingerprint density at radius 1 is 1.18 bits per heavy atom. The van der Waals surface area contributed by atoms with Crippen LogP contribution in [-0.2, 0) is 0 Å². The average Bonchev–Trinajstić information content (AvgIpc) is 2.33. The molecule has 0 bridgehead atoms. The minimum absolute atomic E-state index is 0.500. The lowest BCUT2D eigenvalue weighted by atomic mass is 9.75. The average molecular weight is 236 g/mol.